The first kappa shape index (κ1) is 18.4. The molecule has 6 heteroatoms. The predicted molar refractivity (Wildman–Crippen MR) is 89.4 cm³/mol. The largest absolute Gasteiger partial charge is 0.382 e. The minimum atomic E-state index is -0.491. The molecule has 0 aliphatic rings. The summed E-state index contributed by atoms with van der Waals surface area (Å²) in [5, 5.41) is 6.26. The first-order valence-corrected chi connectivity index (χ1v) is 7.90. The smallest absolute Gasteiger partial charge is 0.255 e. The highest BCUT2D eigenvalue weighted by molar-refractivity contribution is 6.29. The van der Waals surface area contributed by atoms with Crippen molar-refractivity contribution in [2.24, 2.45) is 5.92 Å². The number of nitrogens with one attached hydrogen (secondary N) is 2. The van der Waals surface area contributed by atoms with Crippen LogP contribution in [0.15, 0.2) is 12.3 Å². The van der Waals surface area contributed by atoms with E-state index < -0.39 is 6.04 Å². The van der Waals surface area contributed by atoms with Crippen molar-refractivity contribution in [3.8, 4) is 0 Å². The Labute approximate surface area is 136 Å². The zero-order chi connectivity index (χ0) is 16.9. The maximum Gasteiger partial charge on any atom is 0.255 e. The van der Waals surface area contributed by atoms with Crippen LogP contribution in [-0.2, 0) is 4.79 Å². The number of carbonyl (C=O) groups is 2. The van der Waals surface area contributed by atoms with Crippen molar-refractivity contribution in [2.45, 2.75) is 53.1 Å². The average Bonchev–Trinajstić information content (AvgIpc) is 2.43. The van der Waals surface area contributed by atoms with E-state index in [9.17, 15) is 9.59 Å². The Morgan fingerprint density at radius 3 is 2.41 bits per heavy atom. The number of anilines is 1. The van der Waals surface area contributed by atoms with E-state index >= 15 is 0 Å². The molecular weight excluding hydrogens is 302 g/mol. The average molecular weight is 326 g/mol. The molecule has 122 valence electrons. The van der Waals surface area contributed by atoms with Gasteiger partial charge in [0.15, 0.2) is 5.78 Å². The molecule has 1 amide bonds. The first-order valence-electron chi connectivity index (χ1n) is 7.52. The van der Waals surface area contributed by atoms with Crippen LogP contribution in [0.4, 0.5) is 5.69 Å². The van der Waals surface area contributed by atoms with Crippen LogP contribution in [0.5, 0.6) is 0 Å². The first-order chi connectivity index (χ1) is 10.3. The van der Waals surface area contributed by atoms with Crippen molar-refractivity contribution in [2.75, 3.05) is 5.32 Å². The van der Waals surface area contributed by atoms with Gasteiger partial charge in [-0.25, -0.2) is 4.98 Å². The van der Waals surface area contributed by atoms with E-state index in [0.29, 0.717) is 22.8 Å². The van der Waals surface area contributed by atoms with Crippen molar-refractivity contribution >= 4 is 29.0 Å². The molecule has 0 saturated heterocycles. The fourth-order valence-corrected chi connectivity index (χ4v) is 2.21. The molecule has 5 nitrogen and oxygen atoms in total. The van der Waals surface area contributed by atoms with Crippen molar-refractivity contribution in [3.63, 3.8) is 0 Å². The number of rotatable bonds is 7. The third-order valence-electron chi connectivity index (χ3n) is 3.19. The van der Waals surface area contributed by atoms with Gasteiger partial charge in [0.25, 0.3) is 5.91 Å². The molecular formula is C16H24ClN3O2. The lowest BCUT2D eigenvalue weighted by molar-refractivity contribution is -0.123. The van der Waals surface area contributed by atoms with Gasteiger partial charge in [-0.3, -0.25) is 9.59 Å². The molecule has 1 aromatic heterocycles. The number of ketones is 1. The quantitative estimate of drug-likeness (QED) is 0.755. The van der Waals surface area contributed by atoms with Crippen LogP contribution >= 0.6 is 11.6 Å². The highest BCUT2D eigenvalue weighted by atomic mass is 35.5. The van der Waals surface area contributed by atoms with E-state index in [1.165, 1.54) is 6.20 Å². The number of amides is 1. The molecule has 1 rings (SSSR count). The molecule has 0 bridgehead atoms. The van der Waals surface area contributed by atoms with Gasteiger partial charge < -0.3 is 10.6 Å². The molecule has 1 atom stereocenters. The van der Waals surface area contributed by atoms with Gasteiger partial charge in [0, 0.05) is 18.2 Å². The van der Waals surface area contributed by atoms with Crippen LogP contribution < -0.4 is 10.6 Å². The number of hydrogen-bond donors (Lipinski definition) is 2. The summed E-state index contributed by atoms with van der Waals surface area (Å²) in [6.07, 6.45) is 1.98. The number of carbonyl (C=O) groups excluding carboxylic acids is 2. The predicted octanol–water partition coefficient (Wildman–Crippen LogP) is 3.29. The third kappa shape index (κ3) is 4.98. The maximum atomic E-state index is 12.5. The van der Waals surface area contributed by atoms with Gasteiger partial charge in [0.2, 0.25) is 0 Å². The van der Waals surface area contributed by atoms with E-state index in [0.717, 1.165) is 0 Å². The molecule has 0 spiro atoms. The van der Waals surface area contributed by atoms with Crippen LogP contribution in [0.3, 0.4) is 0 Å². The molecule has 0 radical (unpaired) electrons. The van der Waals surface area contributed by atoms with Crippen LogP contribution in [0.1, 0.15) is 51.4 Å². The zero-order valence-corrected chi connectivity index (χ0v) is 14.5. The second-order valence-electron chi connectivity index (χ2n) is 5.84. The molecule has 0 aliphatic carbocycles. The number of nitrogens with zero attached hydrogens (tertiary/aromatic N) is 1. The second-order valence-corrected chi connectivity index (χ2v) is 6.23. The van der Waals surface area contributed by atoms with Crippen LogP contribution in [0.25, 0.3) is 0 Å². The number of halogens is 1. The monoisotopic (exact) mass is 325 g/mol. The van der Waals surface area contributed by atoms with Crippen LogP contribution in [-0.4, -0.2) is 28.8 Å². The number of hydrogen-bond acceptors (Lipinski definition) is 4. The van der Waals surface area contributed by atoms with Gasteiger partial charge in [-0.2, -0.15) is 0 Å². The van der Waals surface area contributed by atoms with E-state index in [1.807, 2.05) is 34.6 Å². The van der Waals surface area contributed by atoms with Gasteiger partial charge in [0.05, 0.1) is 17.3 Å². The Hall–Kier alpha value is -1.62. The maximum absolute atomic E-state index is 12.5. The standard InChI is InChI=1S/C16H24ClN3O2/c1-6-12(15(21)9(2)3)20-16(22)11-8-18-14(17)7-13(11)19-10(4)5/h7-10,12H,6H2,1-5H3,(H,18,19)(H,20,22). The summed E-state index contributed by atoms with van der Waals surface area (Å²) in [5.41, 5.74) is 0.993. The molecule has 0 fully saturated rings. The summed E-state index contributed by atoms with van der Waals surface area (Å²) in [6.45, 7) is 9.46. The van der Waals surface area contributed by atoms with Crippen molar-refractivity contribution in [1.29, 1.82) is 0 Å². The van der Waals surface area contributed by atoms with Crippen LogP contribution in [0.2, 0.25) is 5.15 Å². The molecule has 1 aromatic rings. The summed E-state index contributed by atoms with van der Waals surface area (Å²) in [7, 11) is 0. The Bertz CT molecular complexity index is 544. The fraction of sp³-hybridized carbons (Fsp3) is 0.562. The summed E-state index contributed by atoms with van der Waals surface area (Å²) >= 11 is 5.89. The normalized spacial score (nSPS) is 12.4. The molecule has 0 aliphatic heterocycles. The van der Waals surface area contributed by atoms with Gasteiger partial charge >= 0.3 is 0 Å². The highest BCUT2D eigenvalue weighted by Gasteiger charge is 2.23. The lowest BCUT2D eigenvalue weighted by atomic mass is 9.99. The Balaban J connectivity index is 2.99. The number of Topliss-reactive ketones (excluding diaryl/α,β-unsaturated/α-hetero) is 1. The summed E-state index contributed by atoms with van der Waals surface area (Å²) in [6, 6.07) is 1.26. The van der Waals surface area contributed by atoms with Gasteiger partial charge in [-0.05, 0) is 26.3 Å². The van der Waals surface area contributed by atoms with Gasteiger partial charge in [0.1, 0.15) is 5.15 Å². The summed E-state index contributed by atoms with van der Waals surface area (Å²) in [5.74, 6) is -0.425. The van der Waals surface area contributed by atoms with Crippen molar-refractivity contribution in [3.05, 3.63) is 23.0 Å². The Morgan fingerprint density at radius 1 is 1.27 bits per heavy atom. The summed E-state index contributed by atoms with van der Waals surface area (Å²) in [4.78, 5) is 28.5. The molecule has 0 aromatic carbocycles. The van der Waals surface area contributed by atoms with E-state index in [2.05, 4.69) is 15.6 Å². The summed E-state index contributed by atoms with van der Waals surface area (Å²) < 4.78 is 0. The van der Waals surface area contributed by atoms with Crippen molar-refractivity contribution < 1.29 is 9.59 Å². The number of pyridine rings is 1. The van der Waals surface area contributed by atoms with E-state index in [-0.39, 0.29) is 23.7 Å². The highest BCUT2D eigenvalue weighted by Crippen LogP contribution is 2.20. The lowest BCUT2D eigenvalue weighted by Gasteiger charge is -2.20. The topological polar surface area (TPSA) is 71.1 Å². The van der Waals surface area contributed by atoms with Crippen LogP contribution in [0, 0.1) is 5.92 Å². The zero-order valence-electron chi connectivity index (χ0n) is 13.7. The third-order valence-corrected chi connectivity index (χ3v) is 3.39. The van der Waals surface area contributed by atoms with E-state index in [4.69, 9.17) is 11.6 Å². The van der Waals surface area contributed by atoms with Gasteiger partial charge in [-0.1, -0.05) is 32.4 Å². The molecule has 2 N–H and O–H groups in total. The number of aromatic nitrogens is 1. The molecule has 22 heavy (non-hydrogen) atoms. The lowest BCUT2D eigenvalue weighted by Crippen LogP contribution is -2.42. The second kappa shape index (κ2) is 8.13. The van der Waals surface area contributed by atoms with Gasteiger partial charge in [-0.15, -0.1) is 0 Å². The minimum Gasteiger partial charge on any atom is -0.382 e. The minimum absolute atomic E-state index is 0.0242. The molecule has 0 saturated carbocycles. The Morgan fingerprint density at radius 2 is 1.91 bits per heavy atom. The fourth-order valence-electron chi connectivity index (χ4n) is 2.05. The Kier molecular flexibility index (Phi) is 6.81. The van der Waals surface area contributed by atoms with E-state index in [1.54, 1.807) is 6.07 Å². The molecule has 1 unspecified atom stereocenters. The SMILES string of the molecule is CCC(NC(=O)c1cnc(Cl)cc1NC(C)C)C(=O)C(C)C. The molecule has 1 heterocycles. The van der Waals surface area contributed by atoms with Crippen molar-refractivity contribution in [1.82, 2.24) is 10.3 Å².